The summed E-state index contributed by atoms with van der Waals surface area (Å²) in [5, 5.41) is 14.0. The maximum absolute atomic E-state index is 10.2. The van der Waals surface area contributed by atoms with E-state index >= 15 is 0 Å². The molecule has 0 aliphatic rings. The Morgan fingerprint density at radius 2 is 1.84 bits per heavy atom. The van der Waals surface area contributed by atoms with Crippen molar-refractivity contribution >= 4 is 29.1 Å². The Morgan fingerprint density at radius 3 is 2.58 bits per heavy atom. The second kappa shape index (κ2) is 6.85. The monoisotopic (exact) mass is 293 g/mol. The maximum Gasteiger partial charge on any atom is 0.0976 e. The molecular formula is C15H16ClNOS. The van der Waals surface area contributed by atoms with Gasteiger partial charge in [0.2, 0.25) is 0 Å². The van der Waals surface area contributed by atoms with Gasteiger partial charge < -0.3 is 10.4 Å². The molecule has 2 rings (SSSR count). The van der Waals surface area contributed by atoms with Crippen molar-refractivity contribution in [3.05, 3.63) is 59.1 Å². The van der Waals surface area contributed by atoms with Gasteiger partial charge in [0.25, 0.3) is 0 Å². The summed E-state index contributed by atoms with van der Waals surface area (Å²) in [5.41, 5.74) is 1.78. The molecule has 2 aromatic carbocycles. The van der Waals surface area contributed by atoms with Gasteiger partial charge in [0.1, 0.15) is 0 Å². The molecule has 0 radical (unpaired) electrons. The predicted octanol–water partition coefficient (Wildman–Crippen LogP) is 4.21. The zero-order chi connectivity index (χ0) is 13.7. The molecule has 0 saturated heterocycles. The second-order valence-electron chi connectivity index (χ2n) is 4.12. The SMILES string of the molecule is CSc1ccccc1NCC(O)c1ccccc1Cl. The summed E-state index contributed by atoms with van der Waals surface area (Å²) in [6, 6.07) is 15.4. The molecule has 19 heavy (non-hydrogen) atoms. The lowest BCUT2D eigenvalue weighted by atomic mass is 10.1. The molecule has 2 N–H and O–H groups in total. The van der Waals surface area contributed by atoms with E-state index in [2.05, 4.69) is 11.4 Å². The number of benzene rings is 2. The first-order valence-electron chi connectivity index (χ1n) is 6.01. The molecule has 0 aliphatic heterocycles. The molecular weight excluding hydrogens is 278 g/mol. The van der Waals surface area contributed by atoms with Gasteiger partial charge in [-0.3, -0.25) is 0 Å². The fourth-order valence-electron chi connectivity index (χ4n) is 1.85. The number of rotatable bonds is 5. The molecule has 0 saturated carbocycles. The highest BCUT2D eigenvalue weighted by atomic mass is 35.5. The highest BCUT2D eigenvalue weighted by molar-refractivity contribution is 7.98. The van der Waals surface area contributed by atoms with Gasteiger partial charge in [-0.15, -0.1) is 11.8 Å². The summed E-state index contributed by atoms with van der Waals surface area (Å²) in [4.78, 5) is 1.16. The highest BCUT2D eigenvalue weighted by Gasteiger charge is 2.11. The smallest absolute Gasteiger partial charge is 0.0976 e. The lowest BCUT2D eigenvalue weighted by Gasteiger charge is -2.16. The lowest BCUT2D eigenvalue weighted by Crippen LogP contribution is -2.12. The normalized spacial score (nSPS) is 12.2. The average Bonchev–Trinajstić information content (AvgIpc) is 2.45. The van der Waals surface area contributed by atoms with Crippen LogP contribution in [-0.2, 0) is 0 Å². The van der Waals surface area contributed by atoms with Crippen LogP contribution >= 0.6 is 23.4 Å². The molecule has 0 bridgehead atoms. The van der Waals surface area contributed by atoms with E-state index in [1.54, 1.807) is 17.8 Å². The molecule has 0 aromatic heterocycles. The minimum absolute atomic E-state index is 0.432. The Labute approximate surface area is 122 Å². The summed E-state index contributed by atoms with van der Waals surface area (Å²) in [7, 11) is 0. The molecule has 0 heterocycles. The predicted molar refractivity (Wildman–Crippen MR) is 83.1 cm³/mol. The lowest BCUT2D eigenvalue weighted by molar-refractivity contribution is 0.191. The molecule has 100 valence electrons. The first-order valence-corrected chi connectivity index (χ1v) is 7.62. The quantitative estimate of drug-likeness (QED) is 0.810. The van der Waals surface area contributed by atoms with Crippen LogP contribution in [0.2, 0.25) is 5.02 Å². The van der Waals surface area contributed by atoms with Gasteiger partial charge in [0.05, 0.1) is 6.10 Å². The van der Waals surface area contributed by atoms with Crippen LogP contribution in [0.3, 0.4) is 0 Å². The third-order valence-corrected chi connectivity index (χ3v) is 4.00. The zero-order valence-electron chi connectivity index (χ0n) is 10.6. The van der Waals surface area contributed by atoms with Gasteiger partial charge in [-0.2, -0.15) is 0 Å². The van der Waals surface area contributed by atoms with E-state index in [-0.39, 0.29) is 0 Å². The van der Waals surface area contributed by atoms with E-state index in [0.717, 1.165) is 16.1 Å². The highest BCUT2D eigenvalue weighted by Crippen LogP contribution is 2.27. The van der Waals surface area contributed by atoms with Crippen molar-refractivity contribution in [2.75, 3.05) is 18.1 Å². The second-order valence-corrected chi connectivity index (χ2v) is 5.37. The van der Waals surface area contributed by atoms with Crippen LogP contribution in [-0.4, -0.2) is 17.9 Å². The van der Waals surface area contributed by atoms with Crippen molar-refractivity contribution in [1.29, 1.82) is 0 Å². The molecule has 1 unspecified atom stereocenters. The van der Waals surface area contributed by atoms with E-state index < -0.39 is 6.10 Å². The first-order chi connectivity index (χ1) is 9.22. The van der Waals surface area contributed by atoms with Gasteiger partial charge in [0.15, 0.2) is 0 Å². The standard InChI is InChI=1S/C15H16ClNOS/c1-19-15-9-5-4-8-13(15)17-10-14(18)11-6-2-3-7-12(11)16/h2-9,14,17-18H,10H2,1H3. The van der Waals surface area contributed by atoms with Crippen LogP contribution in [0.4, 0.5) is 5.69 Å². The zero-order valence-corrected chi connectivity index (χ0v) is 12.2. The number of para-hydroxylation sites is 1. The van der Waals surface area contributed by atoms with E-state index in [1.165, 1.54) is 0 Å². The topological polar surface area (TPSA) is 32.3 Å². The number of aliphatic hydroxyl groups is 1. The van der Waals surface area contributed by atoms with E-state index in [4.69, 9.17) is 11.6 Å². The molecule has 0 aliphatic carbocycles. The number of nitrogens with one attached hydrogen (secondary N) is 1. The first kappa shape index (κ1) is 14.3. The number of halogens is 1. The summed E-state index contributed by atoms with van der Waals surface area (Å²) >= 11 is 7.74. The number of aliphatic hydroxyl groups excluding tert-OH is 1. The molecule has 0 amide bonds. The van der Waals surface area contributed by atoms with Crippen molar-refractivity contribution in [1.82, 2.24) is 0 Å². The fraction of sp³-hybridized carbons (Fsp3) is 0.200. The van der Waals surface area contributed by atoms with Crippen molar-refractivity contribution in [3.63, 3.8) is 0 Å². The van der Waals surface area contributed by atoms with Gasteiger partial charge >= 0.3 is 0 Å². The number of thioether (sulfide) groups is 1. The Kier molecular flexibility index (Phi) is 5.14. The third-order valence-electron chi connectivity index (χ3n) is 2.86. The molecule has 0 spiro atoms. The molecule has 4 heteroatoms. The van der Waals surface area contributed by atoms with Crippen molar-refractivity contribution in [3.8, 4) is 0 Å². The Hall–Kier alpha value is -1.16. The number of hydrogen-bond acceptors (Lipinski definition) is 3. The molecule has 2 nitrogen and oxygen atoms in total. The Bertz CT molecular complexity index is 547. The minimum atomic E-state index is -0.622. The fourth-order valence-corrected chi connectivity index (χ4v) is 2.69. The largest absolute Gasteiger partial charge is 0.387 e. The van der Waals surface area contributed by atoms with E-state index in [1.807, 2.05) is 42.7 Å². The summed E-state index contributed by atoms with van der Waals surface area (Å²) in [6.07, 6.45) is 1.41. The summed E-state index contributed by atoms with van der Waals surface area (Å²) in [6.45, 7) is 0.432. The Morgan fingerprint density at radius 1 is 1.16 bits per heavy atom. The van der Waals surface area contributed by atoms with Crippen LogP contribution < -0.4 is 5.32 Å². The molecule has 1 atom stereocenters. The van der Waals surface area contributed by atoms with Gasteiger partial charge in [-0.1, -0.05) is 41.9 Å². The molecule has 2 aromatic rings. The minimum Gasteiger partial charge on any atom is -0.387 e. The summed E-state index contributed by atoms with van der Waals surface area (Å²) < 4.78 is 0. The Balaban J connectivity index is 2.04. The van der Waals surface area contributed by atoms with E-state index in [0.29, 0.717) is 11.6 Å². The van der Waals surface area contributed by atoms with Gasteiger partial charge in [-0.05, 0) is 24.5 Å². The average molecular weight is 294 g/mol. The van der Waals surface area contributed by atoms with Crippen molar-refractivity contribution < 1.29 is 5.11 Å². The van der Waals surface area contributed by atoms with Gasteiger partial charge in [-0.25, -0.2) is 0 Å². The van der Waals surface area contributed by atoms with Crippen LogP contribution in [0.5, 0.6) is 0 Å². The maximum atomic E-state index is 10.2. The van der Waals surface area contributed by atoms with Crippen molar-refractivity contribution in [2.45, 2.75) is 11.0 Å². The van der Waals surface area contributed by atoms with Crippen LogP contribution in [0, 0.1) is 0 Å². The third kappa shape index (κ3) is 3.66. The number of anilines is 1. The number of hydrogen-bond donors (Lipinski definition) is 2. The van der Waals surface area contributed by atoms with Crippen LogP contribution in [0.1, 0.15) is 11.7 Å². The molecule has 0 fully saturated rings. The van der Waals surface area contributed by atoms with Gasteiger partial charge in [0, 0.05) is 27.7 Å². The van der Waals surface area contributed by atoms with E-state index in [9.17, 15) is 5.11 Å². The van der Waals surface area contributed by atoms with Crippen LogP contribution in [0.15, 0.2) is 53.4 Å². The summed E-state index contributed by atoms with van der Waals surface area (Å²) in [5.74, 6) is 0. The van der Waals surface area contributed by atoms with Crippen molar-refractivity contribution in [2.24, 2.45) is 0 Å². The van der Waals surface area contributed by atoms with Crippen LogP contribution in [0.25, 0.3) is 0 Å².